The van der Waals surface area contributed by atoms with Crippen molar-refractivity contribution in [2.75, 3.05) is 0 Å². The third-order valence-corrected chi connectivity index (χ3v) is 1.63. The van der Waals surface area contributed by atoms with Gasteiger partial charge in [-0.05, 0) is 6.42 Å². The Labute approximate surface area is 69.6 Å². The van der Waals surface area contributed by atoms with E-state index in [0.717, 1.165) is 6.42 Å². The zero-order chi connectivity index (χ0) is 9.78. The Balaban J connectivity index is 3.84. The fourth-order valence-corrected chi connectivity index (χ4v) is 0.840. The summed E-state index contributed by atoms with van der Waals surface area (Å²) in [6, 6.07) is -1.19. The summed E-state index contributed by atoms with van der Waals surface area (Å²) in [6.45, 7) is 1.85. The molecule has 0 fully saturated rings. The van der Waals surface area contributed by atoms with E-state index >= 15 is 0 Å². The molecule has 0 saturated carbocycles. The van der Waals surface area contributed by atoms with Crippen LogP contribution in [0.4, 0.5) is 13.2 Å². The van der Waals surface area contributed by atoms with Gasteiger partial charge in [-0.3, -0.25) is 0 Å². The molecule has 0 aromatic carbocycles. The van der Waals surface area contributed by atoms with Crippen molar-refractivity contribution in [2.24, 2.45) is 5.73 Å². The molecule has 0 aliphatic rings. The predicted octanol–water partition coefficient (Wildman–Crippen LogP) is 1.43. The SMILES string of the molecule is CCCC[C@H](N)[C@H](O)C(F)(F)F. The van der Waals surface area contributed by atoms with Gasteiger partial charge >= 0.3 is 6.18 Å². The first kappa shape index (κ1) is 11.7. The predicted molar refractivity (Wildman–Crippen MR) is 39.6 cm³/mol. The molecular weight excluding hydrogens is 171 g/mol. The van der Waals surface area contributed by atoms with Crippen LogP contribution in [-0.4, -0.2) is 23.4 Å². The summed E-state index contributed by atoms with van der Waals surface area (Å²) in [6.07, 6.45) is -5.39. The number of rotatable bonds is 4. The molecule has 0 bridgehead atoms. The van der Waals surface area contributed by atoms with Gasteiger partial charge in [0.2, 0.25) is 0 Å². The van der Waals surface area contributed by atoms with Crippen LogP contribution in [0, 0.1) is 0 Å². The summed E-state index contributed by atoms with van der Waals surface area (Å²) in [5, 5.41) is 8.63. The molecule has 0 amide bonds. The summed E-state index contributed by atoms with van der Waals surface area (Å²) in [5.41, 5.74) is 5.12. The van der Waals surface area contributed by atoms with Gasteiger partial charge in [0.05, 0.1) is 0 Å². The van der Waals surface area contributed by atoms with Crippen LogP contribution in [0.1, 0.15) is 26.2 Å². The standard InChI is InChI=1S/C7H14F3NO/c1-2-3-4-5(11)6(12)7(8,9)10/h5-6,12H,2-4,11H2,1H3/t5-,6-/m0/s1. The highest BCUT2D eigenvalue weighted by Gasteiger charge is 2.41. The number of nitrogens with two attached hydrogens (primary N) is 1. The monoisotopic (exact) mass is 185 g/mol. The molecule has 74 valence electrons. The smallest absolute Gasteiger partial charge is 0.382 e. The number of hydrogen-bond donors (Lipinski definition) is 2. The van der Waals surface area contributed by atoms with E-state index in [2.05, 4.69) is 0 Å². The number of aliphatic hydroxyl groups is 1. The van der Waals surface area contributed by atoms with Gasteiger partial charge in [-0.2, -0.15) is 13.2 Å². The first-order chi connectivity index (χ1) is 5.39. The Hall–Kier alpha value is -0.290. The second-order valence-electron chi connectivity index (χ2n) is 2.79. The van der Waals surface area contributed by atoms with Crippen LogP contribution in [0.25, 0.3) is 0 Å². The molecule has 5 heteroatoms. The molecular formula is C7H14F3NO. The molecule has 0 aromatic heterocycles. The Morgan fingerprint density at radius 1 is 1.42 bits per heavy atom. The average Bonchev–Trinajstić information content (AvgIpc) is 1.97. The van der Waals surface area contributed by atoms with Crippen molar-refractivity contribution >= 4 is 0 Å². The molecule has 0 aromatic rings. The number of unbranched alkanes of at least 4 members (excludes halogenated alkanes) is 1. The summed E-state index contributed by atoms with van der Waals surface area (Å²) in [4.78, 5) is 0. The van der Waals surface area contributed by atoms with Crippen molar-refractivity contribution < 1.29 is 18.3 Å². The van der Waals surface area contributed by atoms with Crippen LogP contribution in [0.15, 0.2) is 0 Å². The van der Waals surface area contributed by atoms with E-state index in [4.69, 9.17) is 10.8 Å². The maximum atomic E-state index is 11.8. The maximum absolute atomic E-state index is 11.8. The molecule has 0 unspecified atom stereocenters. The average molecular weight is 185 g/mol. The minimum Gasteiger partial charge on any atom is -0.382 e. The molecule has 0 rings (SSSR count). The molecule has 3 N–H and O–H groups in total. The van der Waals surface area contributed by atoms with Crippen LogP contribution < -0.4 is 5.73 Å². The Bertz CT molecular complexity index is 126. The number of alkyl halides is 3. The molecule has 0 heterocycles. The third kappa shape index (κ3) is 3.92. The minimum atomic E-state index is -4.59. The first-order valence-electron chi connectivity index (χ1n) is 3.90. The van der Waals surface area contributed by atoms with E-state index < -0.39 is 18.3 Å². The van der Waals surface area contributed by atoms with Crippen molar-refractivity contribution in [3.63, 3.8) is 0 Å². The van der Waals surface area contributed by atoms with Crippen molar-refractivity contribution in [2.45, 2.75) is 44.5 Å². The van der Waals surface area contributed by atoms with E-state index in [1.807, 2.05) is 6.92 Å². The molecule has 2 atom stereocenters. The summed E-state index contributed by atoms with van der Waals surface area (Å²) in [7, 11) is 0. The van der Waals surface area contributed by atoms with Gasteiger partial charge < -0.3 is 10.8 Å². The zero-order valence-electron chi connectivity index (χ0n) is 6.93. The van der Waals surface area contributed by atoms with Crippen LogP contribution in [0.5, 0.6) is 0 Å². The number of halogens is 3. The van der Waals surface area contributed by atoms with Crippen molar-refractivity contribution in [1.29, 1.82) is 0 Å². The number of hydrogen-bond acceptors (Lipinski definition) is 2. The first-order valence-corrected chi connectivity index (χ1v) is 3.90. The van der Waals surface area contributed by atoms with Gasteiger partial charge in [0, 0.05) is 6.04 Å². The normalized spacial score (nSPS) is 17.5. The maximum Gasteiger partial charge on any atom is 0.415 e. The summed E-state index contributed by atoms with van der Waals surface area (Å²) in [5.74, 6) is 0. The lowest BCUT2D eigenvalue weighted by Gasteiger charge is -2.20. The Morgan fingerprint density at radius 2 is 1.92 bits per heavy atom. The Kier molecular flexibility index (Phi) is 4.55. The number of aliphatic hydroxyl groups excluding tert-OH is 1. The van der Waals surface area contributed by atoms with Gasteiger partial charge in [-0.1, -0.05) is 19.8 Å². The van der Waals surface area contributed by atoms with Crippen LogP contribution in [0.2, 0.25) is 0 Å². The van der Waals surface area contributed by atoms with E-state index in [1.54, 1.807) is 0 Å². The summed E-state index contributed by atoms with van der Waals surface area (Å²) >= 11 is 0. The van der Waals surface area contributed by atoms with Gasteiger partial charge in [-0.25, -0.2) is 0 Å². The molecule has 0 spiro atoms. The highest BCUT2D eigenvalue weighted by molar-refractivity contribution is 4.77. The zero-order valence-corrected chi connectivity index (χ0v) is 6.93. The third-order valence-electron chi connectivity index (χ3n) is 1.63. The van der Waals surface area contributed by atoms with Gasteiger partial charge in [0.15, 0.2) is 6.10 Å². The van der Waals surface area contributed by atoms with E-state index in [1.165, 1.54) is 0 Å². The van der Waals surface area contributed by atoms with E-state index in [0.29, 0.717) is 6.42 Å². The van der Waals surface area contributed by atoms with Crippen LogP contribution in [-0.2, 0) is 0 Å². The lowest BCUT2D eigenvalue weighted by atomic mass is 10.1. The second-order valence-corrected chi connectivity index (χ2v) is 2.79. The molecule has 0 aliphatic heterocycles. The molecule has 0 aliphatic carbocycles. The lowest BCUT2D eigenvalue weighted by Crippen LogP contribution is -2.44. The summed E-state index contributed by atoms with van der Waals surface area (Å²) < 4.78 is 35.4. The fraction of sp³-hybridized carbons (Fsp3) is 1.00. The highest BCUT2D eigenvalue weighted by Crippen LogP contribution is 2.23. The molecule has 2 nitrogen and oxygen atoms in total. The largest absolute Gasteiger partial charge is 0.415 e. The van der Waals surface area contributed by atoms with Crippen molar-refractivity contribution in [3.05, 3.63) is 0 Å². The molecule has 12 heavy (non-hydrogen) atoms. The van der Waals surface area contributed by atoms with E-state index in [9.17, 15) is 13.2 Å². The van der Waals surface area contributed by atoms with Gasteiger partial charge in [0.25, 0.3) is 0 Å². The van der Waals surface area contributed by atoms with Gasteiger partial charge in [-0.15, -0.1) is 0 Å². The minimum absolute atomic E-state index is 0.206. The second kappa shape index (κ2) is 4.67. The highest BCUT2D eigenvalue weighted by atomic mass is 19.4. The molecule has 0 saturated heterocycles. The van der Waals surface area contributed by atoms with E-state index in [-0.39, 0.29) is 6.42 Å². The quantitative estimate of drug-likeness (QED) is 0.695. The van der Waals surface area contributed by atoms with Crippen molar-refractivity contribution in [1.82, 2.24) is 0 Å². The van der Waals surface area contributed by atoms with Crippen LogP contribution >= 0.6 is 0 Å². The topological polar surface area (TPSA) is 46.2 Å². The lowest BCUT2D eigenvalue weighted by molar-refractivity contribution is -0.210. The van der Waals surface area contributed by atoms with Crippen LogP contribution in [0.3, 0.4) is 0 Å². The molecule has 0 radical (unpaired) electrons. The fourth-order valence-electron chi connectivity index (χ4n) is 0.840. The Morgan fingerprint density at radius 3 is 2.25 bits per heavy atom. The van der Waals surface area contributed by atoms with Crippen molar-refractivity contribution in [3.8, 4) is 0 Å². The van der Waals surface area contributed by atoms with Gasteiger partial charge in [0.1, 0.15) is 0 Å².